The Morgan fingerprint density at radius 3 is 2.38 bits per heavy atom. The van der Waals surface area contributed by atoms with Gasteiger partial charge in [-0.15, -0.1) is 0 Å². The SMILES string of the molecule is CC(C)n1c(-c2cccc[n+]2C(C)C)nc2ccccc21. The lowest BCUT2D eigenvalue weighted by molar-refractivity contribution is -0.706. The number of fused-ring (bicyclic) bond motifs is 1. The van der Waals surface area contributed by atoms with Crippen LogP contribution in [0.3, 0.4) is 0 Å². The van der Waals surface area contributed by atoms with Gasteiger partial charge in [0.05, 0.1) is 11.0 Å². The first-order chi connectivity index (χ1) is 10.1. The molecule has 0 amide bonds. The second-order valence-electron chi connectivity index (χ2n) is 5.97. The largest absolute Gasteiger partial charge is 0.316 e. The molecule has 3 nitrogen and oxygen atoms in total. The molecule has 0 radical (unpaired) electrons. The molecule has 2 aromatic heterocycles. The van der Waals surface area contributed by atoms with Gasteiger partial charge >= 0.3 is 0 Å². The molecule has 108 valence electrons. The molecule has 0 saturated heterocycles. The van der Waals surface area contributed by atoms with Crippen LogP contribution in [-0.2, 0) is 0 Å². The summed E-state index contributed by atoms with van der Waals surface area (Å²) < 4.78 is 4.60. The molecule has 0 atom stereocenters. The normalized spacial score (nSPS) is 11.7. The van der Waals surface area contributed by atoms with E-state index in [0.29, 0.717) is 12.1 Å². The van der Waals surface area contributed by atoms with E-state index < -0.39 is 0 Å². The Labute approximate surface area is 125 Å². The van der Waals surface area contributed by atoms with Crippen molar-refractivity contribution in [2.24, 2.45) is 0 Å². The van der Waals surface area contributed by atoms with Gasteiger partial charge in [0.25, 0.3) is 0 Å². The number of aromatic nitrogens is 3. The van der Waals surface area contributed by atoms with Crippen molar-refractivity contribution in [2.75, 3.05) is 0 Å². The molecule has 0 fully saturated rings. The Kier molecular flexibility index (Phi) is 3.50. The molecule has 3 rings (SSSR count). The molecule has 21 heavy (non-hydrogen) atoms. The minimum atomic E-state index is 0.369. The van der Waals surface area contributed by atoms with E-state index >= 15 is 0 Å². The molecule has 1 aromatic carbocycles. The average Bonchev–Trinajstić information content (AvgIpc) is 2.86. The topological polar surface area (TPSA) is 21.7 Å². The number of nitrogens with zero attached hydrogens (tertiary/aromatic N) is 3. The van der Waals surface area contributed by atoms with E-state index in [1.807, 2.05) is 6.07 Å². The molecular formula is C18H22N3+. The van der Waals surface area contributed by atoms with Gasteiger partial charge in [0.2, 0.25) is 11.5 Å². The number of hydrogen-bond acceptors (Lipinski definition) is 1. The maximum Gasteiger partial charge on any atom is 0.248 e. The highest BCUT2D eigenvalue weighted by Gasteiger charge is 2.23. The van der Waals surface area contributed by atoms with Crippen LogP contribution in [0, 0.1) is 0 Å². The molecule has 3 heteroatoms. The van der Waals surface area contributed by atoms with Gasteiger partial charge in [-0.3, -0.25) is 0 Å². The van der Waals surface area contributed by atoms with Crippen LogP contribution >= 0.6 is 0 Å². The standard InChI is InChI=1S/C18H22N3/c1-13(2)20-12-8-7-11-17(20)18-19-15-9-5-6-10-16(15)21(18)14(3)4/h5-14H,1-4H3/q+1. The number of pyridine rings is 1. The van der Waals surface area contributed by atoms with Crippen LogP contribution in [0.1, 0.15) is 39.8 Å². The Morgan fingerprint density at radius 2 is 1.67 bits per heavy atom. The quantitative estimate of drug-likeness (QED) is 0.660. The minimum Gasteiger partial charge on any atom is -0.316 e. The highest BCUT2D eigenvalue weighted by Crippen LogP contribution is 2.26. The molecule has 0 N–H and O–H groups in total. The molecular weight excluding hydrogens is 258 g/mol. The van der Waals surface area contributed by atoms with Crippen LogP contribution in [0.4, 0.5) is 0 Å². The van der Waals surface area contributed by atoms with Crippen molar-refractivity contribution >= 4 is 11.0 Å². The van der Waals surface area contributed by atoms with Crippen LogP contribution in [0.15, 0.2) is 48.7 Å². The van der Waals surface area contributed by atoms with Gasteiger partial charge in [-0.2, -0.15) is 4.57 Å². The Balaban J connectivity index is 2.33. The average molecular weight is 280 g/mol. The number of para-hydroxylation sites is 2. The summed E-state index contributed by atoms with van der Waals surface area (Å²) in [6.45, 7) is 8.82. The van der Waals surface area contributed by atoms with Crippen molar-refractivity contribution in [1.29, 1.82) is 0 Å². The van der Waals surface area contributed by atoms with Crippen molar-refractivity contribution in [3.8, 4) is 11.5 Å². The lowest BCUT2D eigenvalue weighted by Gasteiger charge is -2.13. The molecule has 3 aromatic rings. The lowest BCUT2D eigenvalue weighted by Crippen LogP contribution is -2.38. The van der Waals surface area contributed by atoms with E-state index in [-0.39, 0.29) is 0 Å². The fraction of sp³-hybridized carbons (Fsp3) is 0.333. The minimum absolute atomic E-state index is 0.369. The number of imidazole rings is 1. The third-order valence-corrected chi connectivity index (χ3v) is 3.79. The summed E-state index contributed by atoms with van der Waals surface area (Å²) in [5.74, 6) is 1.04. The van der Waals surface area contributed by atoms with Crippen LogP contribution in [0.25, 0.3) is 22.6 Å². The summed E-state index contributed by atoms with van der Waals surface area (Å²) in [7, 11) is 0. The Morgan fingerprint density at radius 1 is 0.952 bits per heavy atom. The predicted molar refractivity (Wildman–Crippen MR) is 86.1 cm³/mol. The van der Waals surface area contributed by atoms with Crippen LogP contribution < -0.4 is 4.57 Å². The van der Waals surface area contributed by atoms with Gasteiger partial charge in [0.15, 0.2) is 12.2 Å². The first kappa shape index (κ1) is 13.8. The first-order valence-electron chi connectivity index (χ1n) is 7.57. The van der Waals surface area contributed by atoms with Gasteiger partial charge in [0, 0.05) is 18.2 Å². The van der Waals surface area contributed by atoms with Crippen molar-refractivity contribution in [1.82, 2.24) is 9.55 Å². The highest BCUT2D eigenvalue weighted by molar-refractivity contribution is 5.79. The second kappa shape index (κ2) is 5.32. The zero-order valence-electron chi connectivity index (χ0n) is 13.1. The smallest absolute Gasteiger partial charge is 0.248 e. The third kappa shape index (κ3) is 2.33. The first-order valence-corrected chi connectivity index (χ1v) is 7.57. The predicted octanol–water partition coefficient (Wildman–Crippen LogP) is 4.15. The second-order valence-corrected chi connectivity index (χ2v) is 5.97. The number of hydrogen-bond donors (Lipinski definition) is 0. The van der Waals surface area contributed by atoms with E-state index in [4.69, 9.17) is 4.98 Å². The summed E-state index contributed by atoms with van der Waals surface area (Å²) in [6, 6.07) is 15.4. The van der Waals surface area contributed by atoms with E-state index in [2.05, 4.69) is 79.4 Å². The van der Waals surface area contributed by atoms with Crippen molar-refractivity contribution < 1.29 is 4.57 Å². The summed E-state index contributed by atoms with van der Waals surface area (Å²) in [5, 5.41) is 0. The van der Waals surface area contributed by atoms with Crippen molar-refractivity contribution in [3.05, 3.63) is 48.7 Å². The maximum absolute atomic E-state index is 4.89. The third-order valence-electron chi connectivity index (χ3n) is 3.79. The molecule has 0 aliphatic rings. The zero-order valence-corrected chi connectivity index (χ0v) is 13.1. The summed E-state index contributed by atoms with van der Waals surface area (Å²) >= 11 is 0. The van der Waals surface area contributed by atoms with Gasteiger partial charge in [-0.1, -0.05) is 12.1 Å². The van der Waals surface area contributed by atoms with Gasteiger partial charge in [-0.05, 0) is 45.9 Å². The molecule has 0 aliphatic heterocycles. The highest BCUT2D eigenvalue weighted by atomic mass is 15.1. The molecule has 0 spiro atoms. The van der Waals surface area contributed by atoms with E-state index in [0.717, 1.165) is 17.0 Å². The van der Waals surface area contributed by atoms with Crippen molar-refractivity contribution in [2.45, 2.75) is 39.8 Å². The Bertz CT molecular complexity index is 769. The fourth-order valence-electron chi connectivity index (χ4n) is 2.84. The van der Waals surface area contributed by atoms with E-state index in [1.165, 1.54) is 5.52 Å². The van der Waals surface area contributed by atoms with Gasteiger partial charge in [-0.25, -0.2) is 4.98 Å². The molecule has 2 heterocycles. The fourth-order valence-corrected chi connectivity index (χ4v) is 2.84. The van der Waals surface area contributed by atoms with Crippen LogP contribution in [0.5, 0.6) is 0 Å². The monoisotopic (exact) mass is 280 g/mol. The lowest BCUT2D eigenvalue weighted by atomic mass is 10.2. The Hall–Kier alpha value is -2.16. The van der Waals surface area contributed by atoms with Gasteiger partial charge < -0.3 is 4.57 Å². The van der Waals surface area contributed by atoms with Crippen LogP contribution in [-0.4, -0.2) is 9.55 Å². The molecule has 0 saturated carbocycles. The van der Waals surface area contributed by atoms with Crippen molar-refractivity contribution in [3.63, 3.8) is 0 Å². The summed E-state index contributed by atoms with van der Waals surface area (Å²) in [5.41, 5.74) is 3.42. The molecule has 0 unspecified atom stereocenters. The molecule has 0 bridgehead atoms. The number of rotatable bonds is 3. The van der Waals surface area contributed by atoms with E-state index in [1.54, 1.807) is 0 Å². The van der Waals surface area contributed by atoms with Gasteiger partial charge in [0.1, 0.15) is 0 Å². The van der Waals surface area contributed by atoms with E-state index in [9.17, 15) is 0 Å². The summed E-state index contributed by atoms with van der Waals surface area (Å²) in [6.07, 6.45) is 2.13. The van der Waals surface area contributed by atoms with Crippen LogP contribution in [0.2, 0.25) is 0 Å². The molecule has 0 aliphatic carbocycles. The zero-order chi connectivity index (χ0) is 15.0. The number of benzene rings is 1. The summed E-state index contributed by atoms with van der Waals surface area (Å²) in [4.78, 5) is 4.89. The maximum atomic E-state index is 4.89.